The zero-order valence-electron chi connectivity index (χ0n) is 14.6. The molecule has 24 heavy (non-hydrogen) atoms. The SMILES string of the molecule is Cc1cc(C)n(-c2ccc(C(=O)N3CCCC3CC(C)O)cc2)n1. The summed E-state index contributed by atoms with van der Waals surface area (Å²) in [6.45, 7) is 6.54. The number of carbonyl (C=O) groups is 1. The molecule has 2 unspecified atom stereocenters. The Hall–Kier alpha value is -2.14. The maximum atomic E-state index is 12.8. The number of aryl methyl sites for hydroxylation is 2. The minimum Gasteiger partial charge on any atom is -0.393 e. The molecule has 5 nitrogen and oxygen atoms in total. The van der Waals surface area contributed by atoms with Crippen molar-refractivity contribution in [2.45, 2.75) is 52.2 Å². The van der Waals surface area contributed by atoms with Crippen LogP contribution in [-0.4, -0.2) is 44.4 Å². The van der Waals surface area contributed by atoms with Gasteiger partial charge in [-0.1, -0.05) is 0 Å². The number of aliphatic hydroxyl groups excluding tert-OH is 1. The Morgan fingerprint density at radius 1 is 1.33 bits per heavy atom. The molecule has 0 spiro atoms. The van der Waals surface area contributed by atoms with Gasteiger partial charge in [-0.3, -0.25) is 4.79 Å². The van der Waals surface area contributed by atoms with E-state index in [1.807, 2.05) is 53.8 Å². The summed E-state index contributed by atoms with van der Waals surface area (Å²) in [6, 6.07) is 9.79. The van der Waals surface area contributed by atoms with Crippen LogP contribution in [0.2, 0.25) is 0 Å². The number of hydrogen-bond acceptors (Lipinski definition) is 3. The van der Waals surface area contributed by atoms with Crippen LogP contribution in [0.25, 0.3) is 5.69 Å². The van der Waals surface area contributed by atoms with Crippen molar-refractivity contribution in [1.29, 1.82) is 0 Å². The van der Waals surface area contributed by atoms with Gasteiger partial charge >= 0.3 is 0 Å². The van der Waals surface area contributed by atoms with Gasteiger partial charge in [0, 0.05) is 23.8 Å². The third-order valence-corrected chi connectivity index (χ3v) is 4.62. The Labute approximate surface area is 142 Å². The first-order chi connectivity index (χ1) is 11.5. The Balaban J connectivity index is 1.78. The molecule has 128 valence electrons. The van der Waals surface area contributed by atoms with E-state index in [1.165, 1.54) is 0 Å². The molecule has 5 heteroatoms. The van der Waals surface area contributed by atoms with Crippen molar-refractivity contribution in [3.05, 3.63) is 47.3 Å². The van der Waals surface area contributed by atoms with E-state index in [2.05, 4.69) is 5.10 Å². The Kier molecular flexibility index (Phi) is 4.71. The zero-order valence-corrected chi connectivity index (χ0v) is 14.6. The number of nitrogens with zero attached hydrogens (tertiary/aromatic N) is 3. The second-order valence-electron chi connectivity index (χ2n) is 6.77. The van der Waals surface area contributed by atoms with Gasteiger partial charge in [0.1, 0.15) is 0 Å². The Morgan fingerprint density at radius 2 is 2.04 bits per heavy atom. The molecule has 0 saturated carbocycles. The fourth-order valence-electron chi connectivity index (χ4n) is 3.54. The van der Waals surface area contributed by atoms with Crippen LogP contribution in [0.4, 0.5) is 0 Å². The van der Waals surface area contributed by atoms with Crippen molar-refractivity contribution in [2.24, 2.45) is 0 Å². The van der Waals surface area contributed by atoms with E-state index < -0.39 is 0 Å². The van der Waals surface area contributed by atoms with Gasteiger partial charge in [0.2, 0.25) is 0 Å². The summed E-state index contributed by atoms with van der Waals surface area (Å²) >= 11 is 0. The molecule has 0 radical (unpaired) electrons. The van der Waals surface area contributed by atoms with Crippen LogP contribution < -0.4 is 0 Å². The molecule has 1 amide bonds. The molecule has 1 N–H and O–H groups in total. The summed E-state index contributed by atoms with van der Waals surface area (Å²) in [5.41, 5.74) is 3.70. The molecular weight excluding hydrogens is 302 g/mol. The maximum Gasteiger partial charge on any atom is 0.254 e. The van der Waals surface area contributed by atoms with Gasteiger partial charge in [-0.15, -0.1) is 0 Å². The van der Waals surface area contributed by atoms with Gasteiger partial charge < -0.3 is 10.0 Å². The van der Waals surface area contributed by atoms with Crippen molar-refractivity contribution >= 4 is 5.91 Å². The number of rotatable bonds is 4. The second-order valence-corrected chi connectivity index (χ2v) is 6.77. The van der Waals surface area contributed by atoms with E-state index in [0.717, 1.165) is 36.5 Å². The normalized spacial score (nSPS) is 18.8. The molecule has 2 aromatic rings. The van der Waals surface area contributed by atoms with Crippen molar-refractivity contribution in [3.63, 3.8) is 0 Å². The molecule has 1 aromatic carbocycles. The largest absolute Gasteiger partial charge is 0.393 e. The van der Waals surface area contributed by atoms with Crippen LogP contribution in [-0.2, 0) is 0 Å². The third kappa shape index (κ3) is 3.36. The molecule has 1 aliphatic rings. The van der Waals surface area contributed by atoms with E-state index in [0.29, 0.717) is 12.0 Å². The van der Waals surface area contributed by atoms with Crippen molar-refractivity contribution in [3.8, 4) is 5.69 Å². The van der Waals surface area contributed by atoms with E-state index >= 15 is 0 Å². The molecule has 3 rings (SSSR count). The van der Waals surface area contributed by atoms with E-state index in [-0.39, 0.29) is 18.1 Å². The summed E-state index contributed by atoms with van der Waals surface area (Å²) in [4.78, 5) is 14.7. The van der Waals surface area contributed by atoms with Gasteiger partial charge in [-0.25, -0.2) is 4.68 Å². The number of carbonyl (C=O) groups excluding carboxylic acids is 1. The highest BCUT2D eigenvalue weighted by Crippen LogP contribution is 2.24. The third-order valence-electron chi connectivity index (χ3n) is 4.62. The predicted octanol–water partition coefficient (Wildman–Crippen LogP) is 2.86. The lowest BCUT2D eigenvalue weighted by Crippen LogP contribution is -2.37. The quantitative estimate of drug-likeness (QED) is 0.939. The Bertz CT molecular complexity index is 719. The topological polar surface area (TPSA) is 58.4 Å². The van der Waals surface area contributed by atoms with Crippen molar-refractivity contribution in [2.75, 3.05) is 6.54 Å². The number of likely N-dealkylation sites (tertiary alicyclic amines) is 1. The number of aliphatic hydroxyl groups is 1. The molecule has 1 saturated heterocycles. The molecule has 0 bridgehead atoms. The summed E-state index contributed by atoms with van der Waals surface area (Å²) in [6.07, 6.45) is 2.25. The van der Waals surface area contributed by atoms with Crippen molar-refractivity contribution < 1.29 is 9.90 Å². The van der Waals surface area contributed by atoms with Crippen LogP contribution in [0.15, 0.2) is 30.3 Å². The molecule has 1 fully saturated rings. The summed E-state index contributed by atoms with van der Waals surface area (Å²) < 4.78 is 1.88. The number of hydrogen-bond donors (Lipinski definition) is 1. The van der Waals surface area contributed by atoms with Gasteiger partial charge in [0.15, 0.2) is 0 Å². The van der Waals surface area contributed by atoms with E-state index in [4.69, 9.17) is 0 Å². The predicted molar refractivity (Wildman–Crippen MR) is 93.4 cm³/mol. The van der Waals surface area contributed by atoms with Gasteiger partial charge in [0.25, 0.3) is 5.91 Å². The Morgan fingerprint density at radius 3 is 2.62 bits per heavy atom. The molecule has 2 atom stereocenters. The van der Waals surface area contributed by atoms with Gasteiger partial charge in [-0.05, 0) is 70.4 Å². The zero-order chi connectivity index (χ0) is 17.3. The first-order valence-electron chi connectivity index (χ1n) is 8.58. The van der Waals surface area contributed by atoms with Crippen LogP contribution >= 0.6 is 0 Å². The fourth-order valence-corrected chi connectivity index (χ4v) is 3.54. The lowest BCUT2D eigenvalue weighted by Gasteiger charge is -2.25. The maximum absolute atomic E-state index is 12.8. The van der Waals surface area contributed by atoms with Gasteiger partial charge in [-0.2, -0.15) is 5.10 Å². The number of aromatic nitrogens is 2. The van der Waals surface area contributed by atoms with Crippen LogP contribution in [0.1, 0.15) is 47.9 Å². The number of benzene rings is 1. The molecule has 1 aromatic heterocycles. The molecule has 1 aliphatic heterocycles. The minimum absolute atomic E-state index is 0.0538. The lowest BCUT2D eigenvalue weighted by atomic mass is 10.1. The monoisotopic (exact) mass is 327 g/mol. The molecular formula is C19H25N3O2. The van der Waals surface area contributed by atoms with Crippen LogP contribution in [0.3, 0.4) is 0 Å². The second kappa shape index (κ2) is 6.77. The number of amides is 1. The highest BCUT2D eigenvalue weighted by Gasteiger charge is 2.30. The minimum atomic E-state index is -0.378. The van der Waals surface area contributed by atoms with Gasteiger partial charge in [0.05, 0.1) is 17.5 Å². The standard InChI is InChI=1S/C19H25N3O2/c1-13-11-14(2)22(20-13)17-8-6-16(7-9-17)19(24)21-10-4-5-18(21)12-15(3)23/h6-9,11,15,18,23H,4-5,10,12H2,1-3H3. The van der Waals surface area contributed by atoms with Crippen molar-refractivity contribution in [1.82, 2.24) is 14.7 Å². The summed E-state index contributed by atoms with van der Waals surface area (Å²) in [5, 5.41) is 14.1. The highest BCUT2D eigenvalue weighted by atomic mass is 16.3. The van der Waals surface area contributed by atoms with Crippen LogP contribution in [0.5, 0.6) is 0 Å². The first kappa shape index (κ1) is 16.7. The van der Waals surface area contributed by atoms with E-state index in [1.54, 1.807) is 6.92 Å². The summed E-state index contributed by atoms with van der Waals surface area (Å²) in [7, 11) is 0. The van der Waals surface area contributed by atoms with Crippen LogP contribution in [0, 0.1) is 13.8 Å². The smallest absolute Gasteiger partial charge is 0.254 e. The average Bonchev–Trinajstić information content (AvgIpc) is 3.12. The lowest BCUT2D eigenvalue weighted by molar-refractivity contribution is 0.0682. The highest BCUT2D eigenvalue weighted by molar-refractivity contribution is 5.94. The average molecular weight is 327 g/mol. The first-order valence-corrected chi connectivity index (χ1v) is 8.58. The van der Waals surface area contributed by atoms with E-state index in [9.17, 15) is 9.90 Å². The fraction of sp³-hybridized carbons (Fsp3) is 0.474. The molecule has 2 heterocycles. The summed E-state index contributed by atoms with van der Waals surface area (Å²) in [5.74, 6) is 0.0538. The molecule has 0 aliphatic carbocycles.